The second kappa shape index (κ2) is 11.5. The molecule has 0 aliphatic heterocycles. The number of nitrogens with one attached hydrogen (secondary N) is 1. The monoisotopic (exact) mass is 444 g/mol. The predicted octanol–water partition coefficient (Wildman–Crippen LogP) is 5.38. The van der Waals surface area contributed by atoms with E-state index in [1.165, 1.54) is 5.57 Å². The fraction of sp³-hybridized carbons (Fsp3) is 0.333. The van der Waals surface area contributed by atoms with E-state index in [0.29, 0.717) is 32.3 Å². The third-order valence-electron chi connectivity index (χ3n) is 5.56. The Morgan fingerprint density at radius 3 is 2.67 bits per heavy atom. The topological polar surface area (TPSA) is 61.2 Å². The summed E-state index contributed by atoms with van der Waals surface area (Å²) in [6.07, 6.45) is 10.5. The lowest BCUT2D eigenvalue weighted by Crippen LogP contribution is -2.18. The lowest BCUT2D eigenvalue weighted by Gasteiger charge is -2.16. The van der Waals surface area contributed by atoms with Crippen LogP contribution in [0, 0.1) is 0 Å². The minimum atomic E-state index is 0.326. The summed E-state index contributed by atoms with van der Waals surface area (Å²) in [5.74, 6) is 2.55. The molecule has 0 fully saturated rings. The Morgan fingerprint density at radius 2 is 1.88 bits per heavy atom. The zero-order valence-electron chi connectivity index (χ0n) is 19.4. The largest absolute Gasteiger partial charge is 0.489 e. The van der Waals surface area contributed by atoms with Crippen LogP contribution in [0.2, 0.25) is 0 Å². The molecule has 0 spiro atoms. The first-order valence-corrected chi connectivity index (χ1v) is 11.6. The van der Waals surface area contributed by atoms with Crippen molar-refractivity contribution in [1.29, 1.82) is 0 Å². The number of aromatic nitrogens is 3. The maximum atomic E-state index is 6.22. The van der Waals surface area contributed by atoms with Crippen LogP contribution in [0.15, 0.2) is 78.7 Å². The highest BCUT2D eigenvalue weighted by Crippen LogP contribution is 2.27. The molecule has 6 nitrogen and oxygen atoms in total. The lowest BCUT2D eigenvalue weighted by molar-refractivity contribution is 0.297. The molecular formula is C27H32N4O2. The quantitative estimate of drug-likeness (QED) is 0.430. The van der Waals surface area contributed by atoms with Crippen LogP contribution in [0.4, 0.5) is 0 Å². The zero-order chi connectivity index (χ0) is 22.9. The van der Waals surface area contributed by atoms with Crippen molar-refractivity contribution in [2.24, 2.45) is 0 Å². The van der Waals surface area contributed by atoms with Crippen LogP contribution in [0.3, 0.4) is 0 Å². The van der Waals surface area contributed by atoms with Crippen molar-refractivity contribution in [3.05, 3.63) is 95.6 Å². The standard InChI is InChI=1S/C27H32N4O2/c1-21(2)31-20-29-30-27(31)17-28-16-24-13-14-25(32-18-22-9-5-3-6-10-22)15-26(24)33-19-23-11-7-4-8-12-23/h4-5,7-15,20-21,28H,3,6,16-19H2,1-2H3. The number of allylic oxidation sites excluding steroid dienone is 2. The molecule has 1 aliphatic rings. The maximum absolute atomic E-state index is 6.22. The van der Waals surface area contributed by atoms with Gasteiger partial charge in [0.15, 0.2) is 0 Å². The lowest BCUT2D eigenvalue weighted by atomic mass is 10.1. The summed E-state index contributed by atoms with van der Waals surface area (Å²) in [4.78, 5) is 0. The van der Waals surface area contributed by atoms with E-state index in [1.807, 2.05) is 30.3 Å². The summed E-state index contributed by atoms with van der Waals surface area (Å²) < 4.78 is 14.4. The van der Waals surface area contributed by atoms with Gasteiger partial charge in [-0.2, -0.15) is 0 Å². The van der Waals surface area contributed by atoms with Gasteiger partial charge in [0.2, 0.25) is 0 Å². The van der Waals surface area contributed by atoms with Crippen molar-refractivity contribution < 1.29 is 9.47 Å². The Hall–Kier alpha value is -3.38. The first-order valence-electron chi connectivity index (χ1n) is 11.6. The van der Waals surface area contributed by atoms with Crippen LogP contribution in [0.25, 0.3) is 0 Å². The van der Waals surface area contributed by atoms with Crippen LogP contribution in [0.1, 0.15) is 49.7 Å². The Morgan fingerprint density at radius 1 is 1.00 bits per heavy atom. The molecule has 0 saturated heterocycles. The Balaban J connectivity index is 1.43. The molecule has 0 bridgehead atoms. The van der Waals surface area contributed by atoms with Crippen LogP contribution >= 0.6 is 0 Å². The zero-order valence-corrected chi connectivity index (χ0v) is 19.4. The molecular weight excluding hydrogens is 412 g/mol. The van der Waals surface area contributed by atoms with Gasteiger partial charge < -0.3 is 19.4 Å². The molecule has 6 heteroatoms. The van der Waals surface area contributed by atoms with E-state index >= 15 is 0 Å². The summed E-state index contributed by atoms with van der Waals surface area (Å²) in [5.41, 5.74) is 3.42. The number of hydrogen-bond donors (Lipinski definition) is 1. The van der Waals surface area contributed by atoms with Crippen LogP contribution in [-0.4, -0.2) is 21.4 Å². The third-order valence-corrected chi connectivity index (χ3v) is 5.56. The highest BCUT2D eigenvalue weighted by atomic mass is 16.5. The molecule has 4 rings (SSSR count). The van der Waals surface area contributed by atoms with Crippen molar-refractivity contribution >= 4 is 0 Å². The summed E-state index contributed by atoms with van der Waals surface area (Å²) in [5, 5.41) is 11.8. The molecule has 0 amide bonds. The summed E-state index contributed by atoms with van der Waals surface area (Å²) in [7, 11) is 0. The molecule has 3 aromatic rings. The van der Waals surface area contributed by atoms with Gasteiger partial charge in [-0.25, -0.2) is 0 Å². The van der Waals surface area contributed by atoms with Gasteiger partial charge in [0.25, 0.3) is 0 Å². The van der Waals surface area contributed by atoms with E-state index in [4.69, 9.17) is 9.47 Å². The molecule has 0 unspecified atom stereocenters. The van der Waals surface area contributed by atoms with Gasteiger partial charge in [0, 0.05) is 24.2 Å². The summed E-state index contributed by atoms with van der Waals surface area (Å²) in [6.45, 7) is 6.61. The third kappa shape index (κ3) is 6.56. The molecule has 1 heterocycles. The van der Waals surface area contributed by atoms with E-state index in [1.54, 1.807) is 6.33 Å². The van der Waals surface area contributed by atoms with Gasteiger partial charge >= 0.3 is 0 Å². The molecule has 2 aromatic carbocycles. The molecule has 172 valence electrons. The fourth-order valence-electron chi connectivity index (χ4n) is 3.72. The molecule has 0 radical (unpaired) electrons. The second-order valence-corrected chi connectivity index (χ2v) is 8.44. The highest BCUT2D eigenvalue weighted by molar-refractivity contribution is 5.41. The minimum absolute atomic E-state index is 0.326. The van der Waals surface area contributed by atoms with Gasteiger partial charge in [-0.05, 0) is 43.9 Å². The first-order chi connectivity index (χ1) is 16.2. The average molecular weight is 445 g/mol. The van der Waals surface area contributed by atoms with Crippen molar-refractivity contribution in [3.63, 3.8) is 0 Å². The number of ether oxygens (including phenoxy) is 2. The number of nitrogens with zero attached hydrogens (tertiary/aromatic N) is 3. The van der Waals surface area contributed by atoms with Crippen molar-refractivity contribution in [3.8, 4) is 11.5 Å². The van der Waals surface area contributed by atoms with E-state index in [-0.39, 0.29) is 0 Å². The number of rotatable bonds is 11. The van der Waals surface area contributed by atoms with Gasteiger partial charge in [-0.15, -0.1) is 10.2 Å². The molecule has 1 aliphatic carbocycles. The molecule has 33 heavy (non-hydrogen) atoms. The number of benzene rings is 2. The second-order valence-electron chi connectivity index (χ2n) is 8.44. The normalized spacial score (nSPS) is 13.2. The van der Waals surface area contributed by atoms with Gasteiger partial charge in [-0.3, -0.25) is 0 Å². The average Bonchev–Trinajstić information content (AvgIpc) is 3.32. The summed E-state index contributed by atoms with van der Waals surface area (Å²) in [6, 6.07) is 16.6. The van der Waals surface area contributed by atoms with Crippen molar-refractivity contribution in [2.45, 2.75) is 52.4 Å². The molecule has 1 aromatic heterocycles. The van der Waals surface area contributed by atoms with Crippen molar-refractivity contribution in [2.75, 3.05) is 6.61 Å². The van der Waals surface area contributed by atoms with Crippen molar-refractivity contribution in [1.82, 2.24) is 20.1 Å². The first kappa shape index (κ1) is 22.8. The van der Waals surface area contributed by atoms with Crippen LogP contribution < -0.4 is 14.8 Å². The Kier molecular flexibility index (Phi) is 7.93. The predicted molar refractivity (Wildman–Crippen MR) is 130 cm³/mol. The van der Waals surface area contributed by atoms with E-state index in [9.17, 15) is 0 Å². The van der Waals surface area contributed by atoms with Crippen LogP contribution in [0.5, 0.6) is 11.5 Å². The van der Waals surface area contributed by atoms with Gasteiger partial charge in [0.1, 0.15) is 36.9 Å². The summed E-state index contributed by atoms with van der Waals surface area (Å²) >= 11 is 0. The SMILES string of the molecule is CC(C)n1cnnc1CNCc1ccc(OCC2=CCCC=C2)cc1OCc1ccccc1. The molecule has 1 N–H and O–H groups in total. The smallest absolute Gasteiger partial charge is 0.147 e. The van der Waals surface area contributed by atoms with E-state index < -0.39 is 0 Å². The highest BCUT2D eigenvalue weighted by Gasteiger charge is 2.10. The molecule has 0 atom stereocenters. The Labute approximate surface area is 196 Å². The fourth-order valence-corrected chi connectivity index (χ4v) is 3.72. The van der Waals surface area contributed by atoms with Gasteiger partial charge in [-0.1, -0.05) is 54.6 Å². The van der Waals surface area contributed by atoms with Crippen LogP contribution in [-0.2, 0) is 19.7 Å². The Bertz CT molecular complexity index is 1090. The van der Waals surface area contributed by atoms with E-state index in [2.05, 4.69) is 70.4 Å². The van der Waals surface area contributed by atoms with Gasteiger partial charge in [0.05, 0.1) is 6.54 Å². The van der Waals surface area contributed by atoms with E-state index in [0.717, 1.165) is 41.3 Å². The number of hydrogen-bond acceptors (Lipinski definition) is 5. The minimum Gasteiger partial charge on any atom is -0.489 e. The molecule has 0 saturated carbocycles. The maximum Gasteiger partial charge on any atom is 0.147 e.